The largest absolute Gasteiger partial charge is 0.431 e. The van der Waals surface area contributed by atoms with Crippen molar-refractivity contribution in [3.63, 3.8) is 0 Å². The van der Waals surface area contributed by atoms with Gasteiger partial charge in [0.2, 0.25) is 0 Å². The monoisotopic (exact) mass is 383 g/mol. The summed E-state index contributed by atoms with van der Waals surface area (Å²) in [6, 6.07) is 13.5. The van der Waals surface area contributed by atoms with Crippen LogP contribution in [0.3, 0.4) is 0 Å². The first-order valence-electron chi connectivity index (χ1n) is 8.14. The van der Waals surface area contributed by atoms with Gasteiger partial charge in [-0.15, -0.1) is 0 Å². The third-order valence-corrected chi connectivity index (χ3v) is 4.29. The zero-order chi connectivity index (χ0) is 20.5. The van der Waals surface area contributed by atoms with Gasteiger partial charge in [0.15, 0.2) is 0 Å². The van der Waals surface area contributed by atoms with E-state index in [1.807, 2.05) is 6.07 Å². The Hall–Kier alpha value is -3.68. The molecule has 0 atom stereocenters. The van der Waals surface area contributed by atoms with Gasteiger partial charge >= 0.3 is 6.18 Å². The van der Waals surface area contributed by atoms with Gasteiger partial charge in [-0.05, 0) is 29.3 Å². The van der Waals surface area contributed by atoms with E-state index in [9.17, 15) is 13.2 Å². The van der Waals surface area contributed by atoms with Crippen molar-refractivity contribution in [2.75, 3.05) is 5.73 Å². The van der Waals surface area contributed by atoms with Crippen molar-refractivity contribution < 1.29 is 13.2 Å². The fourth-order valence-electron chi connectivity index (χ4n) is 2.95. The third-order valence-electron chi connectivity index (χ3n) is 4.29. The summed E-state index contributed by atoms with van der Waals surface area (Å²) in [5, 5.41) is 15.7. The Labute approximate surface area is 158 Å². The average Bonchev–Trinajstić information content (AvgIpc) is 2.68. The Balaban J connectivity index is 2.46. The van der Waals surface area contributed by atoms with Crippen LogP contribution in [0.2, 0.25) is 0 Å². The minimum Gasteiger partial charge on any atom is -0.398 e. The number of nitrogens with one attached hydrogen (secondary N) is 2. The topological polar surface area (TPSA) is 113 Å². The molecule has 0 spiro atoms. The van der Waals surface area contributed by atoms with Crippen LogP contribution >= 0.6 is 0 Å². The van der Waals surface area contributed by atoms with E-state index >= 15 is 0 Å². The summed E-state index contributed by atoms with van der Waals surface area (Å²) in [4.78, 5) is 4.27. The maximum atomic E-state index is 13.1. The van der Waals surface area contributed by atoms with Gasteiger partial charge in [-0.25, -0.2) is 4.98 Å². The Morgan fingerprint density at radius 2 is 1.71 bits per heavy atom. The first-order valence-corrected chi connectivity index (χ1v) is 8.14. The lowest BCUT2D eigenvalue weighted by Crippen LogP contribution is -2.22. The van der Waals surface area contributed by atoms with Crippen LogP contribution in [-0.4, -0.2) is 23.6 Å². The maximum absolute atomic E-state index is 13.1. The Morgan fingerprint density at radius 1 is 1.04 bits per heavy atom. The summed E-state index contributed by atoms with van der Waals surface area (Å²) in [6.45, 7) is 0. The molecule has 1 aromatic heterocycles. The maximum Gasteiger partial charge on any atom is 0.431 e. The van der Waals surface area contributed by atoms with Gasteiger partial charge < -0.3 is 22.3 Å². The molecule has 0 aliphatic rings. The summed E-state index contributed by atoms with van der Waals surface area (Å²) >= 11 is 0. The second-order valence-electron chi connectivity index (χ2n) is 6.00. The molecule has 2 aromatic carbocycles. The number of halogens is 3. The molecule has 0 radical (unpaired) electrons. The van der Waals surface area contributed by atoms with Crippen LogP contribution in [0.15, 0.2) is 54.2 Å². The number of hydrogen-bond acceptors (Lipinski definition) is 5. The molecule has 8 heteroatoms. The standard InChI is InChI=1S/C20H16F3N5/c21-20(22,23)19(27)14(10-25)17-8-12(11-4-2-1-3-5-11)18-13(9-24)15(26)6-7-16(18)28-17/h1-10,24-25H,26-27H2. The molecule has 0 aliphatic carbocycles. The number of alkyl halides is 3. The zero-order valence-electron chi connectivity index (χ0n) is 14.5. The van der Waals surface area contributed by atoms with Crippen LogP contribution in [-0.2, 0) is 0 Å². The number of nitrogen functional groups attached to an aromatic ring is 1. The molecule has 0 aliphatic heterocycles. The van der Waals surface area contributed by atoms with Gasteiger partial charge in [-0.3, -0.25) is 0 Å². The molecule has 3 rings (SSSR count). The lowest BCUT2D eigenvalue weighted by atomic mass is 9.94. The lowest BCUT2D eigenvalue weighted by Gasteiger charge is -2.15. The molecule has 1 heterocycles. The smallest absolute Gasteiger partial charge is 0.398 e. The van der Waals surface area contributed by atoms with Crippen LogP contribution in [0.1, 0.15) is 11.3 Å². The lowest BCUT2D eigenvalue weighted by molar-refractivity contribution is -0.0918. The summed E-state index contributed by atoms with van der Waals surface area (Å²) < 4.78 is 39.4. The number of nitrogens with zero attached hydrogens (tertiary/aromatic N) is 1. The number of anilines is 1. The van der Waals surface area contributed by atoms with Gasteiger partial charge in [0.25, 0.3) is 0 Å². The molecule has 0 saturated carbocycles. The van der Waals surface area contributed by atoms with Crippen molar-refractivity contribution in [3.8, 4) is 11.1 Å². The highest BCUT2D eigenvalue weighted by atomic mass is 19.4. The Bertz CT molecular complexity index is 1100. The molecule has 3 aromatic rings. The number of fused-ring (bicyclic) bond motifs is 1. The van der Waals surface area contributed by atoms with Crippen LogP contribution in [0, 0.1) is 10.8 Å². The number of hydrogen-bond donors (Lipinski definition) is 4. The van der Waals surface area contributed by atoms with Crippen molar-refractivity contribution >= 4 is 34.6 Å². The van der Waals surface area contributed by atoms with E-state index in [-0.39, 0.29) is 5.69 Å². The van der Waals surface area contributed by atoms with E-state index in [0.717, 1.165) is 6.21 Å². The molecule has 6 N–H and O–H groups in total. The second-order valence-corrected chi connectivity index (χ2v) is 6.00. The van der Waals surface area contributed by atoms with E-state index in [2.05, 4.69) is 4.98 Å². The SMILES string of the molecule is N=CC(=C(N)C(F)(F)F)c1cc(-c2ccccc2)c2c(C=N)c(N)ccc2n1. The highest BCUT2D eigenvalue weighted by Crippen LogP contribution is 2.35. The predicted molar refractivity (Wildman–Crippen MR) is 105 cm³/mol. The summed E-state index contributed by atoms with van der Waals surface area (Å²) in [6.07, 6.45) is -3.17. The molecule has 0 amide bonds. The number of benzene rings is 2. The second kappa shape index (κ2) is 7.15. The van der Waals surface area contributed by atoms with Gasteiger partial charge in [0, 0.05) is 34.6 Å². The van der Waals surface area contributed by atoms with Gasteiger partial charge in [0.05, 0.1) is 11.2 Å². The zero-order valence-corrected chi connectivity index (χ0v) is 14.5. The van der Waals surface area contributed by atoms with Crippen molar-refractivity contribution in [2.24, 2.45) is 5.73 Å². The molecule has 5 nitrogen and oxygen atoms in total. The molecular weight excluding hydrogens is 367 g/mol. The number of allylic oxidation sites excluding steroid dienone is 2. The molecule has 0 saturated heterocycles. The van der Waals surface area contributed by atoms with Crippen LogP contribution in [0.25, 0.3) is 27.6 Å². The van der Waals surface area contributed by atoms with Crippen molar-refractivity contribution in [1.82, 2.24) is 4.98 Å². The minimum atomic E-state index is -4.79. The Kier molecular flexibility index (Phi) is 4.87. The number of pyridine rings is 1. The summed E-state index contributed by atoms with van der Waals surface area (Å²) in [7, 11) is 0. The number of aromatic nitrogens is 1. The van der Waals surface area contributed by atoms with E-state index in [1.165, 1.54) is 12.1 Å². The molecule has 28 heavy (non-hydrogen) atoms. The first-order chi connectivity index (χ1) is 13.3. The summed E-state index contributed by atoms with van der Waals surface area (Å²) in [5.41, 5.74) is 11.6. The van der Waals surface area contributed by atoms with Crippen LogP contribution < -0.4 is 11.5 Å². The number of nitrogens with two attached hydrogens (primary N) is 2. The van der Waals surface area contributed by atoms with Gasteiger partial charge in [-0.1, -0.05) is 30.3 Å². The van der Waals surface area contributed by atoms with E-state index in [0.29, 0.717) is 39.5 Å². The molecule has 0 unspecified atom stereocenters. The highest BCUT2D eigenvalue weighted by Gasteiger charge is 2.34. The van der Waals surface area contributed by atoms with Crippen LogP contribution in [0.5, 0.6) is 0 Å². The molecule has 142 valence electrons. The van der Waals surface area contributed by atoms with E-state index < -0.39 is 17.4 Å². The van der Waals surface area contributed by atoms with E-state index in [1.54, 1.807) is 30.3 Å². The predicted octanol–water partition coefficient (Wildman–Crippen LogP) is 4.36. The third kappa shape index (κ3) is 3.32. The van der Waals surface area contributed by atoms with Crippen molar-refractivity contribution in [2.45, 2.75) is 6.18 Å². The minimum absolute atomic E-state index is 0.0862. The fraction of sp³-hybridized carbons (Fsp3) is 0.0500. The van der Waals surface area contributed by atoms with Gasteiger partial charge in [-0.2, -0.15) is 13.2 Å². The summed E-state index contributed by atoms with van der Waals surface area (Å²) in [5.74, 6) is 0. The van der Waals surface area contributed by atoms with Crippen molar-refractivity contribution in [1.29, 1.82) is 10.8 Å². The quantitative estimate of drug-likeness (QED) is 0.396. The molecule has 0 bridgehead atoms. The fourth-order valence-corrected chi connectivity index (χ4v) is 2.95. The normalized spacial score (nSPS) is 12.5. The highest BCUT2D eigenvalue weighted by molar-refractivity contribution is 6.13. The van der Waals surface area contributed by atoms with Crippen molar-refractivity contribution in [3.05, 3.63) is 65.5 Å². The molecule has 0 fully saturated rings. The first kappa shape index (κ1) is 19.1. The van der Waals surface area contributed by atoms with Gasteiger partial charge in [0.1, 0.15) is 5.70 Å². The Morgan fingerprint density at radius 3 is 2.29 bits per heavy atom. The van der Waals surface area contributed by atoms with E-state index in [4.69, 9.17) is 22.3 Å². The number of rotatable bonds is 4. The van der Waals surface area contributed by atoms with Crippen LogP contribution in [0.4, 0.5) is 18.9 Å². The average molecular weight is 383 g/mol. The molecular formula is C20H16F3N5.